The van der Waals surface area contributed by atoms with Gasteiger partial charge in [0.05, 0.1) is 5.69 Å². The molecule has 0 saturated heterocycles. The molecule has 0 atom stereocenters. The van der Waals surface area contributed by atoms with Crippen molar-refractivity contribution < 1.29 is 9.72 Å². The Kier molecular flexibility index (Phi) is 4.57. The molecule has 3 aromatic rings. The van der Waals surface area contributed by atoms with E-state index in [0.717, 1.165) is 23.0 Å². The summed E-state index contributed by atoms with van der Waals surface area (Å²) >= 11 is 1.30. The lowest BCUT2D eigenvalue weighted by Crippen LogP contribution is -2.20. The van der Waals surface area contributed by atoms with Crippen LogP contribution in [0.25, 0.3) is 11.3 Å². The van der Waals surface area contributed by atoms with Crippen LogP contribution in [0.2, 0.25) is 0 Å². The van der Waals surface area contributed by atoms with Crippen LogP contribution in [0, 0.1) is 24.0 Å². The quantitative estimate of drug-likeness (QED) is 0.558. The van der Waals surface area contributed by atoms with Gasteiger partial charge in [-0.3, -0.25) is 10.1 Å². The smallest absolute Gasteiger partial charge is 0.343 e. The van der Waals surface area contributed by atoms with E-state index >= 15 is 0 Å². The number of benzene rings is 1. The lowest BCUT2D eigenvalue weighted by atomic mass is 10.1. The Morgan fingerprint density at radius 1 is 1.32 bits per heavy atom. The summed E-state index contributed by atoms with van der Waals surface area (Å²) in [5.41, 5.74) is 2.89. The lowest BCUT2D eigenvalue weighted by molar-refractivity contribution is -0.392. The zero-order valence-corrected chi connectivity index (χ0v) is 14.4. The molecule has 3 rings (SSSR count). The van der Waals surface area contributed by atoms with E-state index in [9.17, 15) is 14.9 Å². The second kappa shape index (κ2) is 6.81. The Balaban J connectivity index is 1.71. The summed E-state index contributed by atoms with van der Waals surface area (Å²) in [6, 6.07) is 7.92. The molecule has 0 fully saturated rings. The van der Waals surface area contributed by atoms with E-state index in [1.54, 1.807) is 6.92 Å². The molecule has 2 heterocycles. The van der Waals surface area contributed by atoms with Crippen LogP contribution < -0.4 is 5.32 Å². The number of nitro groups is 1. The van der Waals surface area contributed by atoms with Gasteiger partial charge in [0.15, 0.2) is 17.5 Å². The molecule has 0 spiro atoms. The van der Waals surface area contributed by atoms with Gasteiger partial charge in [-0.1, -0.05) is 29.8 Å². The lowest BCUT2D eigenvalue weighted by Gasteiger charge is -2.03. The molecule has 128 valence electrons. The van der Waals surface area contributed by atoms with Crippen molar-refractivity contribution in [3.05, 3.63) is 57.3 Å². The van der Waals surface area contributed by atoms with Crippen LogP contribution in [-0.4, -0.2) is 25.4 Å². The highest BCUT2D eigenvalue weighted by Crippen LogP contribution is 2.25. The summed E-state index contributed by atoms with van der Waals surface area (Å²) in [5, 5.41) is 15.9. The average molecular weight is 357 g/mol. The molecule has 0 bridgehead atoms. The SMILES string of the molecule is Cc1ccc(-c2csc(NC(=O)Cn3c([N+](=O)[O-])cnc3C)n2)cc1. The number of hydrogen-bond donors (Lipinski definition) is 1. The third-order valence-electron chi connectivity index (χ3n) is 3.62. The van der Waals surface area contributed by atoms with Gasteiger partial charge in [0.1, 0.15) is 6.20 Å². The summed E-state index contributed by atoms with van der Waals surface area (Å²) in [5.74, 6) is -0.206. The highest BCUT2D eigenvalue weighted by Gasteiger charge is 2.20. The van der Waals surface area contributed by atoms with Crippen molar-refractivity contribution in [2.45, 2.75) is 20.4 Å². The number of nitrogens with zero attached hydrogens (tertiary/aromatic N) is 4. The number of aromatic nitrogens is 3. The largest absolute Gasteiger partial charge is 0.358 e. The first-order valence-electron chi connectivity index (χ1n) is 7.43. The second-order valence-corrected chi connectivity index (χ2v) is 6.32. The molecule has 2 aromatic heterocycles. The highest BCUT2D eigenvalue weighted by molar-refractivity contribution is 7.14. The molecular weight excluding hydrogens is 342 g/mol. The molecule has 25 heavy (non-hydrogen) atoms. The predicted octanol–water partition coefficient (Wildman–Crippen LogP) is 3.17. The molecule has 1 amide bonds. The van der Waals surface area contributed by atoms with Gasteiger partial charge in [0.25, 0.3) is 5.91 Å². The maximum absolute atomic E-state index is 12.2. The topological polar surface area (TPSA) is 103 Å². The molecule has 0 aliphatic rings. The van der Waals surface area contributed by atoms with Crippen LogP contribution in [0.15, 0.2) is 35.8 Å². The van der Waals surface area contributed by atoms with Crippen molar-refractivity contribution in [2.75, 3.05) is 5.32 Å². The van der Waals surface area contributed by atoms with Crippen molar-refractivity contribution >= 4 is 28.2 Å². The van der Waals surface area contributed by atoms with Crippen LogP contribution in [0.1, 0.15) is 11.4 Å². The van der Waals surface area contributed by atoms with E-state index in [4.69, 9.17) is 0 Å². The molecule has 0 aliphatic heterocycles. The minimum Gasteiger partial charge on any atom is -0.358 e. The summed E-state index contributed by atoms with van der Waals surface area (Å²) < 4.78 is 1.25. The first-order valence-corrected chi connectivity index (χ1v) is 8.31. The normalized spacial score (nSPS) is 10.6. The molecule has 0 radical (unpaired) electrons. The third kappa shape index (κ3) is 3.72. The fourth-order valence-electron chi connectivity index (χ4n) is 2.29. The van der Waals surface area contributed by atoms with Gasteiger partial charge in [0.2, 0.25) is 0 Å². The summed E-state index contributed by atoms with van der Waals surface area (Å²) in [7, 11) is 0. The minimum absolute atomic E-state index is 0.193. The van der Waals surface area contributed by atoms with E-state index < -0.39 is 10.8 Å². The zero-order valence-electron chi connectivity index (χ0n) is 13.6. The van der Waals surface area contributed by atoms with Crippen LogP contribution >= 0.6 is 11.3 Å². The maximum Gasteiger partial charge on any atom is 0.343 e. The van der Waals surface area contributed by atoms with Crippen LogP contribution in [0.5, 0.6) is 0 Å². The number of thiazole rings is 1. The number of anilines is 1. The molecule has 8 nitrogen and oxygen atoms in total. The van der Waals surface area contributed by atoms with Gasteiger partial charge in [-0.2, -0.15) is 0 Å². The fraction of sp³-hybridized carbons (Fsp3) is 0.188. The van der Waals surface area contributed by atoms with E-state index in [2.05, 4.69) is 15.3 Å². The van der Waals surface area contributed by atoms with Gasteiger partial charge >= 0.3 is 5.82 Å². The summed E-state index contributed by atoms with van der Waals surface area (Å²) in [4.78, 5) is 30.8. The first kappa shape index (κ1) is 16.8. The highest BCUT2D eigenvalue weighted by atomic mass is 32.1. The number of amides is 1. The molecular formula is C16H15N5O3S. The first-order chi connectivity index (χ1) is 11.9. The Labute approximate surface area is 147 Å². The minimum atomic E-state index is -0.563. The number of imidazole rings is 1. The number of carbonyl (C=O) groups excluding carboxylic acids is 1. The number of carbonyl (C=O) groups is 1. The van der Waals surface area contributed by atoms with Crippen molar-refractivity contribution in [3.8, 4) is 11.3 Å². The van der Waals surface area contributed by atoms with Gasteiger partial charge in [-0.15, -0.1) is 11.3 Å². The van der Waals surface area contributed by atoms with E-state index in [1.807, 2.05) is 36.6 Å². The summed E-state index contributed by atoms with van der Waals surface area (Å²) in [6.07, 6.45) is 1.14. The van der Waals surface area contributed by atoms with Crippen LogP contribution in [0.3, 0.4) is 0 Å². The van der Waals surface area contributed by atoms with Gasteiger partial charge in [-0.05, 0) is 11.8 Å². The van der Waals surface area contributed by atoms with Crippen molar-refractivity contribution in [3.63, 3.8) is 0 Å². The standard InChI is InChI=1S/C16H15N5O3S/c1-10-3-5-12(6-4-10)13-9-25-16(18-13)19-14(22)8-20-11(2)17-7-15(20)21(23)24/h3-7,9H,8H2,1-2H3,(H,18,19,22). The van der Waals surface area contributed by atoms with E-state index in [0.29, 0.717) is 11.0 Å². The predicted molar refractivity (Wildman–Crippen MR) is 94.5 cm³/mol. The Hall–Kier alpha value is -3.07. The van der Waals surface area contributed by atoms with Gasteiger partial charge in [0, 0.05) is 17.9 Å². The van der Waals surface area contributed by atoms with Gasteiger partial charge < -0.3 is 10.1 Å². The molecule has 1 aromatic carbocycles. The molecule has 0 aliphatic carbocycles. The monoisotopic (exact) mass is 357 g/mol. The van der Waals surface area contributed by atoms with Crippen molar-refractivity contribution in [2.24, 2.45) is 0 Å². The van der Waals surface area contributed by atoms with E-state index in [-0.39, 0.29) is 12.4 Å². The second-order valence-electron chi connectivity index (χ2n) is 5.46. The van der Waals surface area contributed by atoms with E-state index in [1.165, 1.54) is 15.9 Å². The van der Waals surface area contributed by atoms with Crippen molar-refractivity contribution in [1.29, 1.82) is 0 Å². The number of aryl methyl sites for hydroxylation is 2. The number of rotatable bonds is 5. The molecule has 0 unspecified atom stereocenters. The molecule has 0 saturated carbocycles. The Morgan fingerprint density at radius 3 is 2.72 bits per heavy atom. The van der Waals surface area contributed by atoms with Gasteiger partial charge in [-0.25, -0.2) is 14.5 Å². The third-order valence-corrected chi connectivity index (χ3v) is 4.38. The summed E-state index contributed by atoms with van der Waals surface area (Å²) in [6.45, 7) is 3.43. The Morgan fingerprint density at radius 2 is 2.04 bits per heavy atom. The number of nitrogens with one attached hydrogen (secondary N) is 1. The average Bonchev–Trinajstić information content (AvgIpc) is 3.16. The number of hydrogen-bond acceptors (Lipinski definition) is 6. The molecule has 9 heteroatoms. The maximum atomic E-state index is 12.2. The van der Waals surface area contributed by atoms with Crippen LogP contribution in [0.4, 0.5) is 10.9 Å². The molecule has 1 N–H and O–H groups in total. The zero-order chi connectivity index (χ0) is 18.0. The fourth-order valence-corrected chi connectivity index (χ4v) is 3.02. The van der Waals surface area contributed by atoms with Crippen molar-refractivity contribution in [1.82, 2.24) is 14.5 Å². The van der Waals surface area contributed by atoms with Crippen LogP contribution in [-0.2, 0) is 11.3 Å². The Bertz CT molecular complexity index is 930.